The lowest BCUT2D eigenvalue weighted by Crippen LogP contribution is -2.47. The number of primary amides is 1. The lowest BCUT2D eigenvalue weighted by Gasteiger charge is -2.36. The number of benzene rings is 2. The highest BCUT2D eigenvalue weighted by atomic mass is 35.5. The van der Waals surface area contributed by atoms with Crippen molar-refractivity contribution in [3.63, 3.8) is 0 Å². The zero-order chi connectivity index (χ0) is 41.6. The van der Waals surface area contributed by atoms with E-state index in [0.29, 0.717) is 12.5 Å². The van der Waals surface area contributed by atoms with E-state index in [4.69, 9.17) is 54.6 Å². The Bertz CT molecular complexity index is 2040. The predicted molar refractivity (Wildman–Crippen MR) is 247 cm³/mol. The van der Waals surface area contributed by atoms with Gasteiger partial charge in [0.2, 0.25) is 17.8 Å². The van der Waals surface area contributed by atoms with Crippen LogP contribution in [-0.4, -0.2) is 108 Å². The number of nitrogens with zero attached hydrogens (tertiary/aromatic N) is 8. The molecule has 17 heteroatoms. The van der Waals surface area contributed by atoms with Gasteiger partial charge < -0.3 is 41.7 Å². The molecule has 0 unspecified atom stereocenters. The number of anilines is 6. The third-order valence-corrected chi connectivity index (χ3v) is 13.9. The van der Waals surface area contributed by atoms with Crippen LogP contribution in [0.25, 0.3) is 0 Å². The first-order valence-electron chi connectivity index (χ1n) is 20.6. The largest absolute Gasteiger partial charge is 0.368 e. The molecule has 316 valence electrons. The Morgan fingerprint density at radius 1 is 0.644 bits per heavy atom. The molecule has 8 rings (SSSR count). The molecular weight excluding hydrogens is 824 g/mol. The Kier molecular flexibility index (Phi) is 14.4. The number of hydrogen-bond donors (Lipinski definition) is 4. The summed E-state index contributed by atoms with van der Waals surface area (Å²) in [7, 11) is 0. The van der Waals surface area contributed by atoms with E-state index >= 15 is 0 Å². The summed E-state index contributed by atoms with van der Waals surface area (Å²) in [5.41, 5.74) is 16.2. The SMILES string of the molecule is CC(C)[C@@H](Nc1nc(N2CCN(c3ccc(Cl)cc3)CC2)nc2c1SCC2)C(N)=O.CC(C)[C@H](CN)Nc1nc(N2CCN(c3ccc(Cl)cc3)CC2)nc2c1SCC2. The van der Waals surface area contributed by atoms with Crippen LogP contribution in [0.3, 0.4) is 0 Å². The number of amides is 1. The van der Waals surface area contributed by atoms with Crippen LogP contribution >= 0.6 is 46.7 Å². The summed E-state index contributed by atoms with van der Waals surface area (Å²) in [6, 6.07) is 15.8. The van der Waals surface area contributed by atoms with Crippen LogP contribution in [0.4, 0.5) is 34.9 Å². The van der Waals surface area contributed by atoms with E-state index < -0.39 is 6.04 Å². The van der Waals surface area contributed by atoms with E-state index in [0.717, 1.165) is 121 Å². The van der Waals surface area contributed by atoms with Gasteiger partial charge >= 0.3 is 0 Å². The van der Waals surface area contributed by atoms with Gasteiger partial charge in [-0.2, -0.15) is 9.97 Å². The number of rotatable bonds is 12. The lowest BCUT2D eigenvalue weighted by atomic mass is 10.0. The van der Waals surface area contributed by atoms with E-state index in [2.05, 4.69) is 68.3 Å². The fourth-order valence-electron chi connectivity index (χ4n) is 7.61. The summed E-state index contributed by atoms with van der Waals surface area (Å²) in [5, 5.41) is 8.42. The summed E-state index contributed by atoms with van der Waals surface area (Å²) in [4.78, 5) is 42.9. The molecule has 2 saturated heterocycles. The monoisotopic (exact) mass is 878 g/mol. The van der Waals surface area contributed by atoms with Gasteiger partial charge in [0, 0.05) is 111 Å². The number of piperazine rings is 2. The minimum atomic E-state index is -0.459. The topological polar surface area (TPSA) is 158 Å². The number of aryl methyl sites for hydroxylation is 2. The molecule has 1 amide bonds. The average molecular weight is 880 g/mol. The van der Waals surface area contributed by atoms with Crippen molar-refractivity contribution < 1.29 is 4.79 Å². The molecule has 2 aromatic heterocycles. The molecule has 0 saturated carbocycles. The van der Waals surface area contributed by atoms with E-state index in [1.54, 1.807) is 11.8 Å². The molecule has 0 radical (unpaired) electrons. The smallest absolute Gasteiger partial charge is 0.240 e. The van der Waals surface area contributed by atoms with Gasteiger partial charge in [0.15, 0.2) is 0 Å². The number of carbonyl (C=O) groups excluding carboxylic acids is 1. The molecule has 0 spiro atoms. The molecule has 2 fully saturated rings. The summed E-state index contributed by atoms with van der Waals surface area (Å²) in [6.45, 7) is 16.1. The number of hydrogen-bond acceptors (Lipinski definition) is 14. The second-order valence-electron chi connectivity index (χ2n) is 15.9. The van der Waals surface area contributed by atoms with Crippen LogP contribution < -0.4 is 41.7 Å². The van der Waals surface area contributed by atoms with Crippen LogP contribution in [0.5, 0.6) is 0 Å². The molecule has 2 aromatic carbocycles. The molecule has 4 aliphatic rings. The molecule has 6 N–H and O–H groups in total. The maximum atomic E-state index is 11.9. The molecule has 4 aromatic rings. The second kappa shape index (κ2) is 19.7. The van der Waals surface area contributed by atoms with Crippen LogP contribution in [0.2, 0.25) is 10.0 Å². The van der Waals surface area contributed by atoms with Crippen molar-refractivity contribution in [1.82, 2.24) is 19.9 Å². The first-order chi connectivity index (χ1) is 28.5. The Morgan fingerprint density at radius 2 is 1.05 bits per heavy atom. The van der Waals surface area contributed by atoms with Crippen molar-refractivity contribution in [3.05, 3.63) is 70.0 Å². The number of nitrogens with two attached hydrogens (primary N) is 2. The summed E-state index contributed by atoms with van der Waals surface area (Å²) in [5.74, 6) is 5.46. The molecule has 0 aliphatic carbocycles. The Morgan fingerprint density at radius 3 is 1.42 bits per heavy atom. The van der Waals surface area contributed by atoms with Gasteiger partial charge in [-0.05, 0) is 60.4 Å². The zero-order valence-electron chi connectivity index (χ0n) is 34.3. The minimum absolute atomic E-state index is 0.0749. The van der Waals surface area contributed by atoms with E-state index in [1.165, 1.54) is 22.0 Å². The molecule has 13 nitrogen and oxygen atoms in total. The number of nitrogens with one attached hydrogen (secondary N) is 2. The standard InChI is InChI=1S/C21H27ClN6OS.C21H29ClN6S/c1-13(2)17(19(23)29)25-20-18-16(7-12-30-18)24-21(26-20)28-10-8-27(9-11-28)15-5-3-14(22)4-6-15;1-14(2)18(13-23)24-20-19-17(7-12-29-19)25-21(26-20)28-10-8-27(9-11-28)16-5-3-15(22)4-6-16/h3-6,13,17H,7-12H2,1-2H3,(H2,23,29)(H,24,25,26);3-6,14,18H,7-13,23H2,1-2H3,(H,24,25,26)/t17-;18-/m10/s1. The predicted octanol–water partition coefficient (Wildman–Crippen LogP) is 6.53. The number of thioether (sulfide) groups is 2. The van der Waals surface area contributed by atoms with Crippen molar-refractivity contribution in [2.75, 3.05) is 101 Å². The highest BCUT2D eigenvalue weighted by Crippen LogP contribution is 2.39. The number of carbonyl (C=O) groups is 1. The second-order valence-corrected chi connectivity index (χ2v) is 19.0. The van der Waals surface area contributed by atoms with Gasteiger partial charge in [-0.15, -0.1) is 23.5 Å². The van der Waals surface area contributed by atoms with Crippen molar-refractivity contribution >= 4 is 87.5 Å². The van der Waals surface area contributed by atoms with E-state index in [9.17, 15) is 4.79 Å². The first-order valence-corrected chi connectivity index (χ1v) is 23.3. The van der Waals surface area contributed by atoms with Crippen molar-refractivity contribution in [3.8, 4) is 0 Å². The van der Waals surface area contributed by atoms with Gasteiger partial charge in [0.25, 0.3) is 0 Å². The van der Waals surface area contributed by atoms with Crippen molar-refractivity contribution in [1.29, 1.82) is 0 Å². The molecule has 4 aliphatic heterocycles. The van der Waals surface area contributed by atoms with Crippen LogP contribution in [-0.2, 0) is 17.6 Å². The zero-order valence-corrected chi connectivity index (χ0v) is 37.5. The molecule has 2 atom stereocenters. The highest BCUT2D eigenvalue weighted by molar-refractivity contribution is 8.00. The van der Waals surface area contributed by atoms with Gasteiger partial charge in [-0.3, -0.25) is 4.79 Å². The maximum absolute atomic E-state index is 11.9. The Labute approximate surface area is 366 Å². The molecule has 6 heterocycles. The fraction of sp³-hybridized carbons (Fsp3) is 0.500. The van der Waals surface area contributed by atoms with Crippen molar-refractivity contribution in [2.24, 2.45) is 23.3 Å². The highest BCUT2D eigenvalue weighted by Gasteiger charge is 2.29. The third kappa shape index (κ3) is 10.5. The van der Waals surface area contributed by atoms with E-state index in [-0.39, 0.29) is 17.9 Å². The summed E-state index contributed by atoms with van der Waals surface area (Å²) >= 11 is 15.6. The van der Waals surface area contributed by atoms with Gasteiger partial charge in [-0.25, -0.2) is 9.97 Å². The average Bonchev–Trinajstić information content (AvgIpc) is 3.93. The maximum Gasteiger partial charge on any atom is 0.240 e. The minimum Gasteiger partial charge on any atom is -0.368 e. The Balaban J connectivity index is 0.000000179. The first kappa shape index (κ1) is 43.2. The van der Waals surface area contributed by atoms with E-state index in [1.807, 2.05) is 49.9 Å². The normalized spacial score (nSPS) is 17.4. The van der Waals surface area contributed by atoms with Crippen LogP contribution in [0.15, 0.2) is 58.3 Å². The number of fused-ring (bicyclic) bond motifs is 2. The van der Waals surface area contributed by atoms with Crippen LogP contribution in [0.1, 0.15) is 39.1 Å². The summed E-state index contributed by atoms with van der Waals surface area (Å²) in [6.07, 6.45) is 1.92. The molecular formula is C42H56Cl2N12OS2. The Hall–Kier alpha value is -3.89. The molecule has 0 bridgehead atoms. The van der Waals surface area contributed by atoms with Gasteiger partial charge in [-0.1, -0.05) is 50.9 Å². The molecule has 59 heavy (non-hydrogen) atoms. The van der Waals surface area contributed by atoms with Gasteiger partial charge in [0.1, 0.15) is 17.7 Å². The fourth-order valence-corrected chi connectivity index (χ4v) is 9.97. The van der Waals surface area contributed by atoms with Crippen LogP contribution in [0, 0.1) is 11.8 Å². The lowest BCUT2D eigenvalue weighted by molar-refractivity contribution is -0.119. The number of halogens is 2. The summed E-state index contributed by atoms with van der Waals surface area (Å²) < 4.78 is 0. The quantitative estimate of drug-likeness (QED) is 0.122. The van der Waals surface area contributed by atoms with Gasteiger partial charge in [0.05, 0.1) is 21.2 Å². The van der Waals surface area contributed by atoms with Crippen molar-refractivity contribution in [2.45, 2.75) is 62.4 Å². The number of aromatic nitrogens is 4. The third-order valence-electron chi connectivity index (χ3n) is 11.2.